The van der Waals surface area contributed by atoms with Crippen LogP contribution in [0.15, 0.2) is 23.1 Å². The molecule has 20 heavy (non-hydrogen) atoms. The van der Waals surface area contributed by atoms with E-state index in [1.807, 2.05) is 10.8 Å². The summed E-state index contributed by atoms with van der Waals surface area (Å²) in [5.74, 6) is 0.376. The minimum absolute atomic E-state index is 0.110. The number of aromatic nitrogens is 4. The maximum atomic E-state index is 11.7. The lowest BCUT2D eigenvalue weighted by molar-refractivity contribution is -0.116. The first-order valence-corrected chi connectivity index (χ1v) is 6.63. The fraction of sp³-hybridized carbons (Fsp3) is 0.500. The topological polar surface area (TPSA) is 97.9 Å². The van der Waals surface area contributed by atoms with Crippen LogP contribution in [0.1, 0.15) is 31.2 Å². The zero-order valence-corrected chi connectivity index (χ0v) is 11.0. The van der Waals surface area contributed by atoms with Gasteiger partial charge in [0.1, 0.15) is 0 Å². The van der Waals surface area contributed by atoms with Gasteiger partial charge in [0, 0.05) is 25.4 Å². The molecular formula is C12H16N6O2. The third-order valence-electron chi connectivity index (χ3n) is 3.20. The van der Waals surface area contributed by atoms with Gasteiger partial charge in [0.15, 0.2) is 0 Å². The van der Waals surface area contributed by atoms with Gasteiger partial charge in [0.25, 0.3) is 0 Å². The summed E-state index contributed by atoms with van der Waals surface area (Å²) >= 11 is 0. The molecule has 8 nitrogen and oxygen atoms in total. The number of carbonyl (C=O) groups is 1. The molecule has 0 radical (unpaired) electrons. The second-order valence-corrected chi connectivity index (χ2v) is 4.69. The number of nitrogens with one attached hydrogen (secondary N) is 2. The summed E-state index contributed by atoms with van der Waals surface area (Å²) in [6.07, 6.45) is 7.57. The summed E-state index contributed by atoms with van der Waals surface area (Å²) in [4.78, 5) is 15.7. The van der Waals surface area contributed by atoms with Crippen molar-refractivity contribution in [2.24, 2.45) is 0 Å². The molecular weight excluding hydrogens is 260 g/mol. The number of anilines is 1. The zero-order valence-electron chi connectivity index (χ0n) is 11.0. The number of aryl methyl sites for hydroxylation is 1. The van der Waals surface area contributed by atoms with E-state index in [0.717, 1.165) is 19.4 Å². The Balaban J connectivity index is 1.50. The molecule has 0 saturated carbocycles. The van der Waals surface area contributed by atoms with Gasteiger partial charge < -0.3 is 14.3 Å². The molecule has 106 valence electrons. The van der Waals surface area contributed by atoms with Gasteiger partial charge in [-0.2, -0.15) is 0 Å². The molecule has 1 amide bonds. The van der Waals surface area contributed by atoms with E-state index in [1.54, 1.807) is 12.5 Å². The van der Waals surface area contributed by atoms with E-state index in [-0.39, 0.29) is 18.0 Å². The maximum Gasteiger partial charge on any atom is 0.322 e. The number of carbonyl (C=O) groups excluding carboxylic acids is 1. The summed E-state index contributed by atoms with van der Waals surface area (Å²) in [5, 5.41) is 13.7. The third kappa shape index (κ3) is 3.02. The van der Waals surface area contributed by atoms with E-state index in [0.29, 0.717) is 18.9 Å². The SMILES string of the molecule is O=C(CCn1ccnc1)Nc1nnc(C2CCCN2)o1. The normalized spacial score (nSPS) is 18.3. The summed E-state index contributed by atoms with van der Waals surface area (Å²) < 4.78 is 7.27. The van der Waals surface area contributed by atoms with Crippen molar-refractivity contribution < 1.29 is 9.21 Å². The Labute approximate surface area is 115 Å². The van der Waals surface area contributed by atoms with E-state index < -0.39 is 0 Å². The van der Waals surface area contributed by atoms with E-state index in [4.69, 9.17) is 4.42 Å². The first-order chi connectivity index (χ1) is 9.81. The molecule has 0 spiro atoms. The fourth-order valence-electron chi connectivity index (χ4n) is 2.15. The van der Waals surface area contributed by atoms with Crippen LogP contribution in [0.25, 0.3) is 0 Å². The highest BCUT2D eigenvalue weighted by atomic mass is 16.4. The molecule has 2 aromatic rings. The van der Waals surface area contributed by atoms with Gasteiger partial charge in [-0.1, -0.05) is 5.10 Å². The highest BCUT2D eigenvalue weighted by Crippen LogP contribution is 2.22. The Morgan fingerprint density at radius 2 is 2.50 bits per heavy atom. The number of nitrogens with zero attached hydrogens (tertiary/aromatic N) is 4. The smallest absolute Gasteiger partial charge is 0.322 e. The van der Waals surface area contributed by atoms with Crippen LogP contribution < -0.4 is 10.6 Å². The number of hydrogen-bond acceptors (Lipinski definition) is 6. The average molecular weight is 276 g/mol. The van der Waals surface area contributed by atoms with Crippen molar-refractivity contribution >= 4 is 11.9 Å². The largest absolute Gasteiger partial charge is 0.406 e. The first kappa shape index (κ1) is 12.8. The van der Waals surface area contributed by atoms with Gasteiger partial charge >= 0.3 is 6.01 Å². The van der Waals surface area contributed by atoms with Gasteiger partial charge in [-0.3, -0.25) is 10.1 Å². The highest BCUT2D eigenvalue weighted by molar-refractivity contribution is 5.88. The van der Waals surface area contributed by atoms with Crippen molar-refractivity contribution in [3.05, 3.63) is 24.6 Å². The number of rotatable bonds is 5. The molecule has 3 rings (SSSR count). The molecule has 1 aliphatic heterocycles. The predicted octanol–water partition coefficient (Wildman–Crippen LogP) is 0.719. The molecule has 0 aliphatic carbocycles. The molecule has 1 unspecified atom stereocenters. The average Bonchev–Trinajstić information content (AvgIpc) is 3.18. The zero-order chi connectivity index (χ0) is 13.8. The Hall–Kier alpha value is -2.22. The van der Waals surface area contributed by atoms with E-state index in [1.165, 1.54) is 0 Å². The summed E-state index contributed by atoms with van der Waals surface area (Å²) in [5.41, 5.74) is 0. The molecule has 1 atom stereocenters. The Bertz CT molecular complexity index is 558. The van der Waals surface area contributed by atoms with Crippen LogP contribution in [0, 0.1) is 0 Å². The number of amides is 1. The minimum Gasteiger partial charge on any atom is -0.406 e. The monoisotopic (exact) mass is 276 g/mol. The highest BCUT2D eigenvalue weighted by Gasteiger charge is 2.22. The van der Waals surface area contributed by atoms with Gasteiger partial charge in [-0.05, 0) is 19.4 Å². The van der Waals surface area contributed by atoms with Crippen molar-refractivity contribution in [3.8, 4) is 0 Å². The lowest BCUT2D eigenvalue weighted by Crippen LogP contribution is -2.14. The van der Waals surface area contributed by atoms with Gasteiger partial charge in [-0.25, -0.2) is 4.98 Å². The standard InChI is InChI=1S/C12H16N6O2/c19-10(3-6-18-7-5-13-8-18)15-12-17-16-11(20-12)9-2-1-4-14-9/h5,7-9,14H,1-4,6H2,(H,15,17,19). The van der Waals surface area contributed by atoms with Gasteiger partial charge in [-0.15, -0.1) is 5.10 Å². The van der Waals surface area contributed by atoms with Crippen molar-refractivity contribution in [3.63, 3.8) is 0 Å². The van der Waals surface area contributed by atoms with Crippen LogP contribution in [0.4, 0.5) is 6.01 Å². The lowest BCUT2D eigenvalue weighted by atomic mass is 10.2. The van der Waals surface area contributed by atoms with Crippen molar-refractivity contribution in [2.45, 2.75) is 31.8 Å². The second kappa shape index (κ2) is 5.83. The lowest BCUT2D eigenvalue weighted by Gasteiger charge is -2.03. The molecule has 0 bridgehead atoms. The number of hydrogen-bond donors (Lipinski definition) is 2. The van der Waals surface area contributed by atoms with Crippen LogP contribution in [0.2, 0.25) is 0 Å². The molecule has 1 saturated heterocycles. The molecule has 0 aromatic carbocycles. The summed E-state index contributed by atoms with van der Waals surface area (Å²) in [7, 11) is 0. The van der Waals surface area contributed by atoms with Crippen molar-refractivity contribution in [2.75, 3.05) is 11.9 Å². The van der Waals surface area contributed by atoms with Crippen LogP contribution in [0.5, 0.6) is 0 Å². The molecule has 8 heteroatoms. The number of imidazole rings is 1. The summed E-state index contributed by atoms with van der Waals surface area (Å²) in [6, 6.07) is 0.267. The van der Waals surface area contributed by atoms with Gasteiger partial charge in [0.2, 0.25) is 11.8 Å². The molecule has 1 fully saturated rings. The third-order valence-corrected chi connectivity index (χ3v) is 3.20. The van der Waals surface area contributed by atoms with Crippen molar-refractivity contribution in [1.82, 2.24) is 25.1 Å². The second-order valence-electron chi connectivity index (χ2n) is 4.69. The van der Waals surface area contributed by atoms with E-state index >= 15 is 0 Å². The van der Waals surface area contributed by atoms with Crippen LogP contribution in [-0.4, -0.2) is 32.2 Å². The molecule has 3 heterocycles. The van der Waals surface area contributed by atoms with Crippen molar-refractivity contribution in [1.29, 1.82) is 0 Å². The summed E-state index contributed by atoms with van der Waals surface area (Å²) in [6.45, 7) is 1.52. The fourth-order valence-corrected chi connectivity index (χ4v) is 2.15. The molecule has 1 aliphatic rings. The van der Waals surface area contributed by atoms with E-state index in [2.05, 4.69) is 25.8 Å². The Morgan fingerprint density at radius 3 is 3.25 bits per heavy atom. The first-order valence-electron chi connectivity index (χ1n) is 6.63. The quantitative estimate of drug-likeness (QED) is 0.835. The van der Waals surface area contributed by atoms with Crippen LogP contribution >= 0.6 is 0 Å². The van der Waals surface area contributed by atoms with Gasteiger partial charge in [0.05, 0.1) is 12.4 Å². The molecule has 2 aromatic heterocycles. The van der Waals surface area contributed by atoms with Crippen LogP contribution in [0.3, 0.4) is 0 Å². The Kier molecular flexibility index (Phi) is 3.73. The van der Waals surface area contributed by atoms with Crippen LogP contribution in [-0.2, 0) is 11.3 Å². The minimum atomic E-state index is -0.159. The molecule has 2 N–H and O–H groups in total. The maximum absolute atomic E-state index is 11.7. The van der Waals surface area contributed by atoms with E-state index in [9.17, 15) is 4.79 Å². The Morgan fingerprint density at radius 1 is 1.55 bits per heavy atom. The predicted molar refractivity (Wildman–Crippen MR) is 69.7 cm³/mol.